The van der Waals surface area contributed by atoms with E-state index in [9.17, 15) is 0 Å². The molecule has 1 atom stereocenters. The summed E-state index contributed by atoms with van der Waals surface area (Å²) in [5.41, 5.74) is 7.23. The Morgan fingerprint density at radius 1 is 1.02 bits per heavy atom. The lowest BCUT2D eigenvalue weighted by Crippen LogP contribution is -2.34. The number of aryl methyl sites for hydroxylation is 1. The van der Waals surface area contributed by atoms with Gasteiger partial charge in [0, 0.05) is 66.5 Å². The van der Waals surface area contributed by atoms with Crippen LogP contribution in [0.15, 0.2) is 83.7 Å². The minimum absolute atomic E-state index is 0.222. The fourth-order valence-electron chi connectivity index (χ4n) is 6.07. The number of nitrogens with zero attached hydrogens (tertiary/aromatic N) is 7. The molecule has 1 saturated heterocycles. The number of benzene rings is 2. The Labute approximate surface area is 230 Å². The molecular weight excluding hydrogens is 500 g/mol. The number of piperidine rings is 1. The summed E-state index contributed by atoms with van der Waals surface area (Å²) in [6.07, 6.45) is 7.94. The summed E-state index contributed by atoms with van der Waals surface area (Å²) in [6.45, 7) is 2.89. The normalized spacial score (nSPS) is 16.5. The minimum Gasteiger partial charge on any atom is -0.420 e. The molecule has 2 aromatic carbocycles. The largest absolute Gasteiger partial charge is 0.420 e. The van der Waals surface area contributed by atoms with Crippen LogP contribution in [-0.2, 0) is 13.6 Å². The third kappa shape index (κ3) is 3.89. The van der Waals surface area contributed by atoms with Crippen LogP contribution < -0.4 is 0 Å². The molecular formula is C31H28N8O. The molecule has 0 aliphatic carbocycles. The van der Waals surface area contributed by atoms with Gasteiger partial charge in [-0.15, -0.1) is 10.2 Å². The molecule has 0 amide bonds. The van der Waals surface area contributed by atoms with Crippen molar-refractivity contribution < 1.29 is 4.42 Å². The molecule has 0 spiro atoms. The van der Waals surface area contributed by atoms with Crippen molar-refractivity contribution in [3.05, 3.63) is 90.8 Å². The SMILES string of the molecule is Cn1c(CN2CCC[C@@H](c3nnc(-c4ccc5[nH]nc(-c6ccc7nccn7c6)c5c4)o3)C2)cc2ccccc21. The maximum Gasteiger partial charge on any atom is 0.247 e. The Hall–Kier alpha value is -4.76. The summed E-state index contributed by atoms with van der Waals surface area (Å²) < 4.78 is 10.6. The van der Waals surface area contributed by atoms with Crippen LogP contribution in [-0.4, -0.2) is 52.3 Å². The lowest BCUT2D eigenvalue weighted by Gasteiger charge is -2.31. The van der Waals surface area contributed by atoms with E-state index in [1.165, 1.54) is 16.6 Å². The number of rotatable bonds is 5. The molecule has 1 aliphatic rings. The lowest BCUT2D eigenvalue weighted by molar-refractivity contribution is 0.183. The van der Waals surface area contributed by atoms with Gasteiger partial charge in [0.1, 0.15) is 11.3 Å². The van der Waals surface area contributed by atoms with Crippen LogP contribution in [0.5, 0.6) is 0 Å². The van der Waals surface area contributed by atoms with Gasteiger partial charge in [-0.25, -0.2) is 4.98 Å². The lowest BCUT2D eigenvalue weighted by atomic mass is 9.98. The molecule has 7 aromatic rings. The van der Waals surface area contributed by atoms with Crippen molar-refractivity contribution >= 4 is 27.5 Å². The predicted octanol–water partition coefficient (Wildman–Crippen LogP) is 5.80. The number of hydrogen-bond acceptors (Lipinski definition) is 6. The number of aromatic nitrogens is 7. The first kappa shape index (κ1) is 23.2. The highest BCUT2D eigenvalue weighted by molar-refractivity contribution is 5.95. The van der Waals surface area contributed by atoms with Gasteiger partial charge in [-0.05, 0) is 67.2 Å². The van der Waals surface area contributed by atoms with Crippen molar-refractivity contribution in [2.24, 2.45) is 7.05 Å². The molecule has 198 valence electrons. The quantitative estimate of drug-likeness (QED) is 0.304. The van der Waals surface area contributed by atoms with Crippen LogP contribution in [0.25, 0.3) is 50.2 Å². The number of pyridine rings is 1. The molecule has 9 nitrogen and oxygen atoms in total. The highest BCUT2D eigenvalue weighted by atomic mass is 16.4. The molecule has 6 heterocycles. The fourth-order valence-corrected chi connectivity index (χ4v) is 6.07. The zero-order valence-electron chi connectivity index (χ0n) is 22.2. The molecule has 1 aliphatic heterocycles. The Balaban J connectivity index is 1.04. The van der Waals surface area contributed by atoms with E-state index in [0.717, 1.165) is 71.7 Å². The summed E-state index contributed by atoms with van der Waals surface area (Å²) in [4.78, 5) is 6.85. The Bertz CT molecular complexity index is 1990. The van der Waals surface area contributed by atoms with E-state index in [-0.39, 0.29) is 5.92 Å². The standard InChI is InChI=1S/C31H28N8O/c1-37-24(15-20-5-2-3-7-27(20)37)19-38-13-4-6-23(17-38)31-36-35-30(40-31)21-8-10-26-25(16-21)29(34-33-26)22-9-11-28-32-12-14-39(28)18-22/h2-3,5,7-12,14-16,18,23H,4,6,13,17,19H2,1H3,(H,33,34)/t23-/m1/s1. The van der Waals surface area contributed by atoms with E-state index in [2.05, 4.69) is 78.3 Å². The first-order valence-corrected chi connectivity index (χ1v) is 13.7. The molecule has 0 radical (unpaired) electrons. The smallest absolute Gasteiger partial charge is 0.247 e. The molecule has 5 aromatic heterocycles. The van der Waals surface area contributed by atoms with Gasteiger partial charge >= 0.3 is 0 Å². The summed E-state index contributed by atoms with van der Waals surface area (Å²) in [5, 5.41) is 19.0. The number of nitrogens with one attached hydrogen (secondary N) is 1. The van der Waals surface area contributed by atoms with Crippen molar-refractivity contribution in [2.75, 3.05) is 13.1 Å². The second-order valence-electron chi connectivity index (χ2n) is 10.7. The Morgan fingerprint density at radius 2 is 1.95 bits per heavy atom. The Morgan fingerprint density at radius 3 is 2.90 bits per heavy atom. The van der Waals surface area contributed by atoms with Crippen LogP contribution >= 0.6 is 0 Å². The number of fused-ring (bicyclic) bond motifs is 3. The average molecular weight is 529 g/mol. The van der Waals surface area contributed by atoms with E-state index in [1.807, 2.05) is 41.1 Å². The van der Waals surface area contributed by atoms with E-state index in [0.29, 0.717) is 5.89 Å². The van der Waals surface area contributed by atoms with Crippen molar-refractivity contribution in [2.45, 2.75) is 25.3 Å². The van der Waals surface area contributed by atoms with E-state index in [4.69, 9.17) is 4.42 Å². The van der Waals surface area contributed by atoms with Crippen LogP contribution in [0.4, 0.5) is 0 Å². The molecule has 0 saturated carbocycles. The van der Waals surface area contributed by atoms with Gasteiger partial charge in [0.15, 0.2) is 0 Å². The highest BCUT2D eigenvalue weighted by Gasteiger charge is 2.27. The second kappa shape index (κ2) is 9.17. The molecule has 9 heteroatoms. The van der Waals surface area contributed by atoms with Gasteiger partial charge in [-0.2, -0.15) is 5.10 Å². The number of likely N-dealkylation sites (tertiary alicyclic amines) is 1. The Kier molecular flexibility index (Phi) is 5.31. The molecule has 1 N–H and O–H groups in total. The number of aromatic amines is 1. The summed E-state index contributed by atoms with van der Waals surface area (Å²) in [7, 11) is 2.15. The van der Waals surface area contributed by atoms with Gasteiger partial charge in [0.2, 0.25) is 11.8 Å². The van der Waals surface area contributed by atoms with Crippen LogP contribution in [0.1, 0.15) is 30.3 Å². The maximum absolute atomic E-state index is 6.30. The summed E-state index contributed by atoms with van der Waals surface area (Å²) in [5.74, 6) is 1.48. The van der Waals surface area contributed by atoms with Gasteiger partial charge in [-0.3, -0.25) is 10.00 Å². The first-order chi connectivity index (χ1) is 19.7. The van der Waals surface area contributed by atoms with E-state index in [1.54, 1.807) is 6.20 Å². The zero-order chi connectivity index (χ0) is 26.6. The number of imidazole rings is 1. The van der Waals surface area contributed by atoms with Crippen LogP contribution in [0.2, 0.25) is 0 Å². The number of para-hydroxylation sites is 1. The van der Waals surface area contributed by atoms with Gasteiger partial charge in [-0.1, -0.05) is 18.2 Å². The van der Waals surface area contributed by atoms with Gasteiger partial charge in [0.05, 0.1) is 11.4 Å². The van der Waals surface area contributed by atoms with Gasteiger partial charge in [0.25, 0.3) is 0 Å². The molecule has 8 rings (SSSR count). The van der Waals surface area contributed by atoms with Crippen molar-refractivity contribution in [1.29, 1.82) is 0 Å². The molecule has 1 fully saturated rings. The van der Waals surface area contributed by atoms with E-state index >= 15 is 0 Å². The monoisotopic (exact) mass is 528 g/mol. The average Bonchev–Trinajstić information content (AvgIpc) is 3.79. The molecule has 0 bridgehead atoms. The van der Waals surface area contributed by atoms with Crippen molar-refractivity contribution in [1.82, 2.24) is 39.2 Å². The highest BCUT2D eigenvalue weighted by Crippen LogP contribution is 2.33. The number of hydrogen-bond donors (Lipinski definition) is 1. The van der Waals surface area contributed by atoms with Crippen LogP contribution in [0.3, 0.4) is 0 Å². The maximum atomic E-state index is 6.30. The van der Waals surface area contributed by atoms with Crippen LogP contribution in [0, 0.1) is 0 Å². The first-order valence-electron chi connectivity index (χ1n) is 13.7. The summed E-state index contributed by atoms with van der Waals surface area (Å²) in [6, 6.07) is 21.0. The summed E-state index contributed by atoms with van der Waals surface area (Å²) >= 11 is 0. The third-order valence-corrected chi connectivity index (χ3v) is 8.20. The predicted molar refractivity (Wildman–Crippen MR) is 154 cm³/mol. The fraction of sp³-hybridized carbons (Fsp3) is 0.226. The molecule has 0 unspecified atom stereocenters. The zero-order valence-corrected chi connectivity index (χ0v) is 22.2. The van der Waals surface area contributed by atoms with Gasteiger partial charge < -0.3 is 13.4 Å². The van der Waals surface area contributed by atoms with Crippen molar-refractivity contribution in [3.8, 4) is 22.7 Å². The second-order valence-corrected chi connectivity index (χ2v) is 10.7. The molecule has 40 heavy (non-hydrogen) atoms. The van der Waals surface area contributed by atoms with Crippen molar-refractivity contribution in [3.63, 3.8) is 0 Å². The van der Waals surface area contributed by atoms with E-state index < -0.39 is 0 Å². The topological polar surface area (TPSA) is 93.1 Å². The third-order valence-electron chi connectivity index (χ3n) is 8.20. The number of H-pyrrole nitrogens is 1. The minimum atomic E-state index is 0.222.